The molecule has 0 aliphatic carbocycles. The van der Waals surface area contributed by atoms with Crippen molar-refractivity contribution in [1.82, 2.24) is 5.32 Å². The third kappa shape index (κ3) is 5.05. The minimum absolute atomic E-state index is 0.124. The summed E-state index contributed by atoms with van der Waals surface area (Å²) in [6, 6.07) is 5.35. The van der Waals surface area contributed by atoms with Crippen LogP contribution >= 0.6 is 0 Å². The second-order valence-electron chi connectivity index (χ2n) is 7.03. The number of carbonyl (C=O) groups excluding carboxylic acids is 1. The van der Waals surface area contributed by atoms with E-state index >= 15 is 0 Å². The number of nitrogens with two attached hydrogens (primary N) is 1. The van der Waals surface area contributed by atoms with Crippen LogP contribution in [0.15, 0.2) is 18.2 Å². The van der Waals surface area contributed by atoms with Crippen LogP contribution in [-0.2, 0) is 16.8 Å². The van der Waals surface area contributed by atoms with Crippen molar-refractivity contribution in [2.24, 2.45) is 11.7 Å². The second-order valence-corrected chi connectivity index (χ2v) is 7.03. The second kappa shape index (κ2) is 6.94. The summed E-state index contributed by atoms with van der Waals surface area (Å²) in [5.74, 6) is 0.324. The molecule has 0 aromatic heterocycles. The van der Waals surface area contributed by atoms with Gasteiger partial charge in [0, 0.05) is 12.1 Å². The smallest absolute Gasteiger partial charge is 0.234 e. The summed E-state index contributed by atoms with van der Waals surface area (Å²) >= 11 is 0. The fraction of sp³-hybridized carbons (Fsp3) is 0.588. The summed E-state index contributed by atoms with van der Waals surface area (Å²) in [6.45, 7) is 10.7. The van der Waals surface area contributed by atoms with Crippen LogP contribution in [0.1, 0.15) is 52.2 Å². The van der Waals surface area contributed by atoms with Crippen molar-refractivity contribution < 1.29 is 9.90 Å². The average molecular weight is 292 g/mol. The van der Waals surface area contributed by atoms with E-state index in [1.54, 1.807) is 0 Å². The normalized spacial score (nSPS) is 13.4. The van der Waals surface area contributed by atoms with Gasteiger partial charge in [-0.1, -0.05) is 52.8 Å². The van der Waals surface area contributed by atoms with Crippen LogP contribution in [0.4, 0.5) is 0 Å². The Hall–Kier alpha value is -1.55. The zero-order valence-corrected chi connectivity index (χ0v) is 13.7. The lowest BCUT2D eigenvalue weighted by Gasteiger charge is -2.23. The SMILES string of the molecule is CC(C)C[C@H](NCc1cccc(C(C)(C)C)c1O)C(N)=O. The maximum atomic E-state index is 11.5. The Morgan fingerprint density at radius 2 is 1.95 bits per heavy atom. The Balaban J connectivity index is 2.86. The molecule has 1 atom stereocenters. The van der Waals surface area contributed by atoms with Gasteiger partial charge in [-0.2, -0.15) is 0 Å². The molecule has 0 radical (unpaired) electrons. The summed E-state index contributed by atoms with van der Waals surface area (Å²) in [7, 11) is 0. The average Bonchev–Trinajstić information content (AvgIpc) is 2.33. The Bertz CT molecular complexity index is 490. The van der Waals surface area contributed by atoms with Crippen molar-refractivity contribution in [2.75, 3.05) is 0 Å². The fourth-order valence-electron chi connectivity index (χ4n) is 2.34. The number of primary amides is 1. The Labute approximate surface area is 127 Å². The van der Waals surface area contributed by atoms with Crippen LogP contribution in [0.3, 0.4) is 0 Å². The Morgan fingerprint density at radius 1 is 1.33 bits per heavy atom. The number of phenolic OH excluding ortho intramolecular Hbond substituents is 1. The van der Waals surface area contributed by atoms with Crippen LogP contribution in [0, 0.1) is 5.92 Å². The molecule has 0 fully saturated rings. The van der Waals surface area contributed by atoms with Gasteiger partial charge < -0.3 is 16.2 Å². The van der Waals surface area contributed by atoms with Crippen LogP contribution in [0.5, 0.6) is 5.75 Å². The van der Waals surface area contributed by atoms with Gasteiger partial charge in [0.05, 0.1) is 6.04 Å². The van der Waals surface area contributed by atoms with Crippen molar-refractivity contribution >= 4 is 5.91 Å². The molecular weight excluding hydrogens is 264 g/mol. The third-order valence-corrected chi connectivity index (χ3v) is 3.52. The first-order valence-corrected chi connectivity index (χ1v) is 7.47. The van der Waals surface area contributed by atoms with E-state index in [-0.39, 0.29) is 17.4 Å². The van der Waals surface area contributed by atoms with Gasteiger partial charge in [-0.15, -0.1) is 0 Å². The number of aromatic hydroxyl groups is 1. The monoisotopic (exact) mass is 292 g/mol. The van der Waals surface area contributed by atoms with Gasteiger partial charge in [0.1, 0.15) is 5.75 Å². The van der Waals surface area contributed by atoms with E-state index in [1.165, 1.54) is 0 Å². The molecule has 1 amide bonds. The number of rotatable bonds is 6. The van der Waals surface area contributed by atoms with Crippen molar-refractivity contribution in [3.63, 3.8) is 0 Å². The fourth-order valence-corrected chi connectivity index (χ4v) is 2.34. The molecule has 0 unspecified atom stereocenters. The van der Waals surface area contributed by atoms with Crippen LogP contribution in [-0.4, -0.2) is 17.1 Å². The highest BCUT2D eigenvalue weighted by atomic mass is 16.3. The maximum Gasteiger partial charge on any atom is 0.234 e. The number of hydrogen-bond acceptors (Lipinski definition) is 3. The summed E-state index contributed by atoms with van der Waals surface area (Å²) in [6.07, 6.45) is 0.690. The number of nitrogens with one attached hydrogen (secondary N) is 1. The summed E-state index contributed by atoms with van der Waals surface area (Å²) in [5.41, 5.74) is 6.99. The molecule has 0 saturated heterocycles. The van der Waals surface area contributed by atoms with Crippen molar-refractivity contribution in [3.8, 4) is 5.75 Å². The highest BCUT2D eigenvalue weighted by molar-refractivity contribution is 5.79. The van der Waals surface area contributed by atoms with E-state index in [4.69, 9.17) is 5.73 Å². The van der Waals surface area contributed by atoms with Gasteiger partial charge in [-0.05, 0) is 23.3 Å². The predicted molar refractivity (Wildman–Crippen MR) is 86.1 cm³/mol. The standard InChI is InChI=1S/C17H28N2O2/c1-11(2)9-14(16(18)21)19-10-12-7-6-8-13(15(12)20)17(3,4)5/h6-8,11,14,19-20H,9-10H2,1-5H3,(H2,18,21)/t14-/m0/s1. The Morgan fingerprint density at radius 3 is 2.43 bits per heavy atom. The minimum atomic E-state index is -0.373. The molecule has 1 aromatic carbocycles. The molecule has 4 heteroatoms. The largest absolute Gasteiger partial charge is 0.507 e. The van der Waals surface area contributed by atoms with Crippen molar-refractivity contribution in [2.45, 2.75) is 59.0 Å². The molecule has 4 nitrogen and oxygen atoms in total. The van der Waals surface area contributed by atoms with Crippen LogP contribution in [0.2, 0.25) is 0 Å². The first-order chi connectivity index (χ1) is 9.62. The van der Waals surface area contributed by atoms with Gasteiger partial charge in [0.15, 0.2) is 0 Å². The van der Waals surface area contributed by atoms with Gasteiger partial charge >= 0.3 is 0 Å². The van der Waals surface area contributed by atoms with E-state index in [2.05, 4.69) is 39.9 Å². The highest BCUT2D eigenvalue weighted by Gasteiger charge is 2.21. The predicted octanol–water partition coefficient (Wildman–Crippen LogP) is 2.68. The maximum absolute atomic E-state index is 11.5. The number of hydrogen-bond donors (Lipinski definition) is 3. The number of para-hydroxylation sites is 1. The first kappa shape index (κ1) is 17.5. The van der Waals surface area contributed by atoms with E-state index in [1.807, 2.05) is 18.2 Å². The molecule has 0 heterocycles. The molecule has 0 aliphatic rings. The molecule has 118 valence electrons. The molecule has 4 N–H and O–H groups in total. The molecule has 21 heavy (non-hydrogen) atoms. The summed E-state index contributed by atoms with van der Waals surface area (Å²) < 4.78 is 0. The van der Waals surface area contributed by atoms with Gasteiger partial charge in [0.2, 0.25) is 5.91 Å². The molecule has 0 saturated carbocycles. The molecule has 0 spiro atoms. The van der Waals surface area contributed by atoms with E-state index in [0.717, 1.165) is 11.1 Å². The van der Waals surface area contributed by atoms with E-state index in [9.17, 15) is 9.90 Å². The van der Waals surface area contributed by atoms with Crippen molar-refractivity contribution in [1.29, 1.82) is 0 Å². The number of amides is 1. The Kier molecular flexibility index (Phi) is 5.78. The number of carbonyl (C=O) groups is 1. The summed E-state index contributed by atoms with van der Waals surface area (Å²) in [4.78, 5) is 11.5. The number of benzene rings is 1. The van der Waals surface area contributed by atoms with E-state index < -0.39 is 0 Å². The topological polar surface area (TPSA) is 75.3 Å². The third-order valence-electron chi connectivity index (χ3n) is 3.52. The highest BCUT2D eigenvalue weighted by Crippen LogP contribution is 2.33. The van der Waals surface area contributed by atoms with Gasteiger partial charge in [0.25, 0.3) is 0 Å². The van der Waals surface area contributed by atoms with Crippen LogP contribution in [0.25, 0.3) is 0 Å². The molecule has 0 aliphatic heterocycles. The lowest BCUT2D eigenvalue weighted by molar-refractivity contribution is -0.120. The van der Waals surface area contributed by atoms with Crippen LogP contribution < -0.4 is 11.1 Å². The van der Waals surface area contributed by atoms with Crippen molar-refractivity contribution in [3.05, 3.63) is 29.3 Å². The number of phenols is 1. The summed E-state index contributed by atoms with van der Waals surface area (Å²) in [5, 5.41) is 13.6. The molecular formula is C17H28N2O2. The molecule has 0 bridgehead atoms. The zero-order valence-electron chi connectivity index (χ0n) is 13.7. The van der Waals surface area contributed by atoms with Gasteiger partial charge in [-0.3, -0.25) is 4.79 Å². The molecule has 1 aromatic rings. The minimum Gasteiger partial charge on any atom is -0.507 e. The molecule has 1 rings (SSSR count). The van der Waals surface area contributed by atoms with Gasteiger partial charge in [-0.25, -0.2) is 0 Å². The quantitative estimate of drug-likeness (QED) is 0.754. The first-order valence-electron chi connectivity index (χ1n) is 7.47. The van der Waals surface area contributed by atoms with E-state index in [0.29, 0.717) is 24.6 Å². The lowest BCUT2D eigenvalue weighted by atomic mass is 9.85. The lowest BCUT2D eigenvalue weighted by Crippen LogP contribution is -2.41. The zero-order chi connectivity index (χ0) is 16.2.